The first-order chi connectivity index (χ1) is 11.6. The lowest BCUT2D eigenvalue weighted by Crippen LogP contribution is -2.14. The first-order valence-electron chi connectivity index (χ1n) is 7.76. The van der Waals surface area contributed by atoms with Crippen LogP contribution in [0, 0.1) is 11.7 Å². The van der Waals surface area contributed by atoms with Crippen LogP contribution in [0.4, 0.5) is 15.8 Å². The maximum Gasteiger partial charge on any atom is 0.248 e. The van der Waals surface area contributed by atoms with E-state index in [0.717, 1.165) is 18.4 Å². The molecule has 0 aliphatic heterocycles. The van der Waals surface area contributed by atoms with E-state index in [1.165, 1.54) is 18.2 Å². The van der Waals surface area contributed by atoms with Gasteiger partial charge in [0.15, 0.2) is 0 Å². The normalized spacial score (nSPS) is 13.7. The van der Waals surface area contributed by atoms with Crippen molar-refractivity contribution in [3.63, 3.8) is 0 Å². The van der Waals surface area contributed by atoms with Gasteiger partial charge < -0.3 is 10.6 Å². The van der Waals surface area contributed by atoms with Crippen LogP contribution < -0.4 is 10.6 Å². The van der Waals surface area contributed by atoms with Crippen LogP contribution in [-0.2, 0) is 9.59 Å². The molecule has 5 heteroatoms. The van der Waals surface area contributed by atoms with Crippen LogP contribution in [0.3, 0.4) is 0 Å². The van der Waals surface area contributed by atoms with Gasteiger partial charge in [-0.05, 0) is 54.8 Å². The summed E-state index contributed by atoms with van der Waals surface area (Å²) in [6.45, 7) is 0. The molecule has 1 aliphatic rings. The Labute approximate surface area is 139 Å². The number of rotatable bonds is 5. The average molecular weight is 324 g/mol. The molecule has 122 valence electrons. The quantitative estimate of drug-likeness (QED) is 0.821. The Balaban J connectivity index is 1.59. The highest BCUT2D eigenvalue weighted by Crippen LogP contribution is 2.30. The van der Waals surface area contributed by atoms with E-state index in [1.54, 1.807) is 42.5 Å². The monoisotopic (exact) mass is 324 g/mol. The highest BCUT2D eigenvalue weighted by Gasteiger charge is 2.29. The van der Waals surface area contributed by atoms with Crippen LogP contribution >= 0.6 is 0 Å². The van der Waals surface area contributed by atoms with Crippen LogP contribution in [0.25, 0.3) is 6.08 Å². The van der Waals surface area contributed by atoms with Crippen LogP contribution in [0.5, 0.6) is 0 Å². The van der Waals surface area contributed by atoms with Gasteiger partial charge >= 0.3 is 0 Å². The Morgan fingerprint density at radius 1 is 1.00 bits per heavy atom. The van der Waals surface area contributed by atoms with Crippen molar-refractivity contribution in [3.8, 4) is 0 Å². The summed E-state index contributed by atoms with van der Waals surface area (Å²) in [6, 6.07) is 12.9. The Kier molecular flexibility index (Phi) is 4.70. The molecule has 1 aliphatic carbocycles. The number of carbonyl (C=O) groups excluding carboxylic acids is 2. The second-order valence-electron chi connectivity index (χ2n) is 5.72. The lowest BCUT2D eigenvalue weighted by atomic mass is 10.2. The molecule has 1 saturated carbocycles. The van der Waals surface area contributed by atoms with Crippen molar-refractivity contribution in [2.75, 3.05) is 10.6 Å². The summed E-state index contributed by atoms with van der Waals surface area (Å²) >= 11 is 0. The molecule has 4 nitrogen and oxygen atoms in total. The zero-order chi connectivity index (χ0) is 16.9. The fraction of sp³-hybridized carbons (Fsp3) is 0.158. The largest absolute Gasteiger partial charge is 0.326 e. The Morgan fingerprint density at radius 3 is 2.33 bits per heavy atom. The van der Waals surface area contributed by atoms with Gasteiger partial charge in [0.1, 0.15) is 5.82 Å². The molecule has 3 rings (SSSR count). The molecule has 0 unspecified atom stereocenters. The molecular formula is C19H17FN2O2. The fourth-order valence-corrected chi connectivity index (χ4v) is 2.19. The Bertz CT molecular complexity index is 780. The first kappa shape index (κ1) is 15.9. The number of nitrogens with one attached hydrogen (secondary N) is 2. The van der Waals surface area contributed by atoms with Crippen molar-refractivity contribution < 1.29 is 14.0 Å². The van der Waals surface area contributed by atoms with Crippen molar-refractivity contribution in [2.24, 2.45) is 5.92 Å². The third-order valence-corrected chi connectivity index (χ3v) is 3.64. The van der Waals surface area contributed by atoms with Gasteiger partial charge in [-0.3, -0.25) is 9.59 Å². The Morgan fingerprint density at radius 2 is 1.67 bits per heavy atom. The van der Waals surface area contributed by atoms with Crippen LogP contribution in [-0.4, -0.2) is 11.8 Å². The number of halogens is 1. The summed E-state index contributed by atoms with van der Waals surface area (Å²) in [4.78, 5) is 23.7. The van der Waals surface area contributed by atoms with Gasteiger partial charge in [-0.15, -0.1) is 0 Å². The maximum absolute atomic E-state index is 12.8. The second-order valence-corrected chi connectivity index (χ2v) is 5.72. The van der Waals surface area contributed by atoms with E-state index in [9.17, 15) is 14.0 Å². The molecule has 0 atom stereocenters. The zero-order valence-electron chi connectivity index (χ0n) is 13.0. The van der Waals surface area contributed by atoms with E-state index in [4.69, 9.17) is 0 Å². The van der Waals surface area contributed by atoms with Gasteiger partial charge in [0.2, 0.25) is 11.8 Å². The minimum atomic E-state index is -0.318. The molecule has 0 aromatic heterocycles. The molecule has 2 N–H and O–H groups in total. The van der Waals surface area contributed by atoms with Crippen molar-refractivity contribution in [1.29, 1.82) is 0 Å². The molecule has 2 aromatic rings. The summed E-state index contributed by atoms with van der Waals surface area (Å²) in [7, 11) is 0. The fourth-order valence-electron chi connectivity index (χ4n) is 2.19. The minimum absolute atomic E-state index is 0.0229. The predicted octanol–water partition coefficient (Wildman–Crippen LogP) is 3.83. The van der Waals surface area contributed by atoms with E-state index in [0.29, 0.717) is 11.4 Å². The summed E-state index contributed by atoms with van der Waals surface area (Å²) in [5.74, 6) is -0.469. The van der Waals surface area contributed by atoms with E-state index < -0.39 is 0 Å². The van der Waals surface area contributed by atoms with Gasteiger partial charge in [0.25, 0.3) is 0 Å². The number of hydrogen-bond donors (Lipinski definition) is 2. The van der Waals surface area contributed by atoms with Gasteiger partial charge in [0.05, 0.1) is 0 Å². The SMILES string of the molecule is O=C(/C=C/c1ccc(F)cc1)Nc1cccc(NC(=O)C2CC2)c1. The molecule has 1 fully saturated rings. The molecule has 2 amide bonds. The molecule has 2 aromatic carbocycles. The van der Waals surface area contributed by atoms with E-state index in [-0.39, 0.29) is 23.5 Å². The van der Waals surface area contributed by atoms with Crippen molar-refractivity contribution in [1.82, 2.24) is 0 Å². The van der Waals surface area contributed by atoms with Crippen molar-refractivity contribution in [3.05, 3.63) is 66.0 Å². The van der Waals surface area contributed by atoms with Gasteiger partial charge in [-0.25, -0.2) is 4.39 Å². The maximum atomic E-state index is 12.8. The third kappa shape index (κ3) is 4.52. The summed E-state index contributed by atoms with van der Waals surface area (Å²) < 4.78 is 12.8. The molecule has 24 heavy (non-hydrogen) atoms. The summed E-state index contributed by atoms with van der Waals surface area (Å²) in [6.07, 6.45) is 4.86. The summed E-state index contributed by atoms with van der Waals surface area (Å²) in [5, 5.41) is 5.57. The van der Waals surface area contributed by atoms with Crippen LogP contribution in [0.2, 0.25) is 0 Å². The number of carbonyl (C=O) groups is 2. The zero-order valence-corrected chi connectivity index (χ0v) is 13.0. The standard InChI is InChI=1S/C19H17FN2O2/c20-15-9-4-13(5-10-15)6-11-18(23)21-16-2-1-3-17(12-16)22-19(24)14-7-8-14/h1-6,9-12,14H,7-8H2,(H,21,23)(H,22,24)/b11-6+. The van der Waals surface area contributed by atoms with Gasteiger partial charge in [-0.1, -0.05) is 18.2 Å². The molecule has 0 spiro atoms. The number of anilines is 2. The molecule has 0 radical (unpaired) electrons. The first-order valence-corrected chi connectivity index (χ1v) is 7.76. The Hall–Kier alpha value is -2.95. The number of hydrogen-bond acceptors (Lipinski definition) is 2. The van der Waals surface area contributed by atoms with Crippen molar-refractivity contribution in [2.45, 2.75) is 12.8 Å². The highest BCUT2D eigenvalue weighted by atomic mass is 19.1. The second kappa shape index (κ2) is 7.08. The third-order valence-electron chi connectivity index (χ3n) is 3.64. The topological polar surface area (TPSA) is 58.2 Å². The smallest absolute Gasteiger partial charge is 0.248 e. The van der Waals surface area contributed by atoms with E-state index in [2.05, 4.69) is 10.6 Å². The lowest BCUT2D eigenvalue weighted by Gasteiger charge is -2.07. The number of amides is 2. The molecule has 0 saturated heterocycles. The molecular weight excluding hydrogens is 307 g/mol. The molecule has 0 heterocycles. The van der Waals surface area contributed by atoms with E-state index >= 15 is 0 Å². The van der Waals surface area contributed by atoms with E-state index in [1.807, 2.05) is 0 Å². The van der Waals surface area contributed by atoms with Gasteiger partial charge in [0, 0.05) is 23.4 Å². The summed E-state index contributed by atoms with van der Waals surface area (Å²) in [5.41, 5.74) is 1.99. The highest BCUT2D eigenvalue weighted by molar-refractivity contribution is 6.02. The minimum Gasteiger partial charge on any atom is -0.326 e. The number of benzene rings is 2. The lowest BCUT2D eigenvalue weighted by molar-refractivity contribution is -0.117. The van der Waals surface area contributed by atoms with Gasteiger partial charge in [-0.2, -0.15) is 0 Å². The van der Waals surface area contributed by atoms with Crippen LogP contribution in [0.15, 0.2) is 54.6 Å². The predicted molar refractivity (Wildman–Crippen MR) is 91.9 cm³/mol. The average Bonchev–Trinajstić information content (AvgIpc) is 3.40. The molecule has 0 bridgehead atoms. The van der Waals surface area contributed by atoms with Crippen molar-refractivity contribution >= 4 is 29.3 Å². The van der Waals surface area contributed by atoms with Crippen LogP contribution in [0.1, 0.15) is 18.4 Å².